The third kappa shape index (κ3) is 5.31. The van der Waals surface area contributed by atoms with Crippen molar-refractivity contribution in [2.24, 2.45) is 24.8 Å². The Morgan fingerprint density at radius 2 is 1.69 bits per heavy atom. The zero-order chi connectivity index (χ0) is 23.0. The summed E-state index contributed by atoms with van der Waals surface area (Å²) in [6.45, 7) is 7.46. The Balaban J connectivity index is 1.50. The smallest absolute Gasteiger partial charge is 0.408 e. The van der Waals surface area contributed by atoms with Crippen molar-refractivity contribution in [1.82, 2.24) is 14.9 Å². The van der Waals surface area contributed by atoms with E-state index in [1.807, 2.05) is 63.6 Å². The average Bonchev–Trinajstić information content (AvgIpc) is 3.62. The molecule has 172 valence electrons. The number of alkyl carbamates (subject to hydrolysis) is 1. The Labute approximate surface area is 189 Å². The molecular formula is C25H34N4O3. The van der Waals surface area contributed by atoms with Gasteiger partial charge in [0.2, 0.25) is 5.91 Å². The summed E-state index contributed by atoms with van der Waals surface area (Å²) in [6, 6.07) is 7.16. The number of anilines is 1. The summed E-state index contributed by atoms with van der Waals surface area (Å²) in [5.74, 6) is 0.995. The maximum atomic E-state index is 13.3. The van der Waals surface area contributed by atoms with Crippen LogP contribution in [0.3, 0.4) is 0 Å². The van der Waals surface area contributed by atoms with Gasteiger partial charge in [0.25, 0.3) is 0 Å². The normalized spacial score (nSPS) is 17.2. The van der Waals surface area contributed by atoms with E-state index in [1.54, 1.807) is 6.33 Å². The number of amides is 2. The van der Waals surface area contributed by atoms with Crippen LogP contribution >= 0.6 is 0 Å². The van der Waals surface area contributed by atoms with Gasteiger partial charge in [-0.05, 0) is 83.3 Å². The third-order valence-corrected chi connectivity index (χ3v) is 6.22. The molecule has 7 nitrogen and oxygen atoms in total. The molecule has 0 bridgehead atoms. The average molecular weight is 439 g/mol. The molecule has 2 amide bonds. The molecule has 2 aromatic rings. The monoisotopic (exact) mass is 438 g/mol. The van der Waals surface area contributed by atoms with Crippen molar-refractivity contribution < 1.29 is 14.3 Å². The third-order valence-electron chi connectivity index (χ3n) is 6.22. The minimum absolute atomic E-state index is 0.166. The highest BCUT2D eigenvalue weighted by atomic mass is 16.6. The van der Waals surface area contributed by atoms with E-state index in [1.165, 1.54) is 0 Å². The first-order valence-corrected chi connectivity index (χ1v) is 11.5. The van der Waals surface area contributed by atoms with E-state index in [0.717, 1.165) is 42.6 Å². The summed E-state index contributed by atoms with van der Waals surface area (Å²) >= 11 is 0. The summed E-state index contributed by atoms with van der Waals surface area (Å²) in [6.07, 6.45) is 5.76. The highest BCUT2D eigenvalue weighted by Gasteiger charge is 2.48. The number of carbonyl (C=O) groups is 2. The molecular weight excluding hydrogens is 404 g/mol. The molecule has 4 rings (SSSR count). The predicted octanol–water partition coefficient (Wildman–Crippen LogP) is 4.66. The standard InChI is InChI=1S/C25H34N4O3/c1-15-22(29(5)14-26-15)18-10-12-19(13-11-18)27-23(30)21(28-24(31)32-25(2,3)4)20(16-6-7-16)17-8-9-17/h10-14,16-17,20-21H,6-9H2,1-5H3,(H,27,30)(H,28,31). The van der Waals surface area contributed by atoms with Gasteiger partial charge in [-0.2, -0.15) is 0 Å². The molecule has 0 spiro atoms. The highest BCUT2D eigenvalue weighted by Crippen LogP contribution is 2.50. The van der Waals surface area contributed by atoms with Gasteiger partial charge in [-0.3, -0.25) is 4.79 Å². The van der Waals surface area contributed by atoms with Crippen LogP contribution in [-0.4, -0.2) is 33.2 Å². The Morgan fingerprint density at radius 3 is 2.16 bits per heavy atom. The van der Waals surface area contributed by atoms with E-state index in [4.69, 9.17) is 4.74 Å². The van der Waals surface area contributed by atoms with Gasteiger partial charge in [0, 0.05) is 18.3 Å². The SMILES string of the molecule is Cc1ncn(C)c1-c1ccc(NC(=O)C(NC(=O)OC(C)(C)C)C(C2CC2)C2CC2)cc1. The van der Waals surface area contributed by atoms with Crippen LogP contribution in [0.25, 0.3) is 11.3 Å². The van der Waals surface area contributed by atoms with Crippen molar-refractivity contribution in [2.45, 2.75) is 65.0 Å². The number of imidazole rings is 1. The first-order chi connectivity index (χ1) is 15.1. The van der Waals surface area contributed by atoms with Crippen molar-refractivity contribution in [2.75, 3.05) is 5.32 Å². The van der Waals surface area contributed by atoms with Gasteiger partial charge in [-0.1, -0.05) is 12.1 Å². The molecule has 1 atom stereocenters. The zero-order valence-corrected chi connectivity index (χ0v) is 19.6. The Hall–Kier alpha value is -2.83. The molecule has 1 unspecified atom stereocenters. The molecule has 7 heteroatoms. The van der Waals surface area contributed by atoms with E-state index < -0.39 is 17.7 Å². The fourth-order valence-corrected chi connectivity index (χ4v) is 4.55. The number of rotatable bonds is 7. The summed E-state index contributed by atoms with van der Waals surface area (Å²) in [5.41, 5.74) is 3.15. The second-order valence-corrected chi connectivity index (χ2v) is 10.2. The largest absolute Gasteiger partial charge is 0.444 e. The van der Waals surface area contributed by atoms with Gasteiger partial charge in [0.15, 0.2) is 0 Å². The first kappa shape index (κ1) is 22.4. The maximum absolute atomic E-state index is 13.3. The van der Waals surface area contributed by atoms with Crippen LogP contribution < -0.4 is 10.6 Å². The molecule has 2 aliphatic rings. The molecule has 0 saturated heterocycles. The van der Waals surface area contributed by atoms with Gasteiger partial charge in [-0.15, -0.1) is 0 Å². The number of carbonyl (C=O) groups excluding carboxylic acids is 2. The quantitative estimate of drug-likeness (QED) is 0.658. The highest BCUT2D eigenvalue weighted by molar-refractivity contribution is 5.97. The Bertz CT molecular complexity index is 950. The molecule has 0 aliphatic heterocycles. The van der Waals surface area contributed by atoms with Gasteiger partial charge < -0.3 is 19.9 Å². The topological polar surface area (TPSA) is 85.3 Å². The Kier molecular flexibility index (Phi) is 6.01. The van der Waals surface area contributed by atoms with Gasteiger partial charge in [0.05, 0.1) is 17.7 Å². The van der Waals surface area contributed by atoms with Crippen LogP contribution in [0.5, 0.6) is 0 Å². The van der Waals surface area contributed by atoms with Crippen LogP contribution in [0.1, 0.15) is 52.1 Å². The summed E-state index contributed by atoms with van der Waals surface area (Å²) in [7, 11) is 1.97. The van der Waals surface area contributed by atoms with Gasteiger partial charge in [-0.25, -0.2) is 9.78 Å². The number of nitrogens with one attached hydrogen (secondary N) is 2. The Morgan fingerprint density at radius 1 is 1.09 bits per heavy atom. The molecule has 32 heavy (non-hydrogen) atoms. The zero-order valence-electron chi connectivity index (χ0n) is 19.6. The van der Waals surface area contributed by atoms with E-state index in [0.29, 0.717) is 17.5 Å². The second kappa shape index (κ2) is 8.60. The lowest BCUT2D eigenvalue weighted by molar-refractivity contribution is -0.120. The minimum atomic E-state index is -0.612. The number of aryl methyl sites for hydroxylation is 2. The summed E-state index contributed by atoms with van der Waals surface area (Å²) in [4.78, 5) is 30.2. The minimum Gasteiger partial charge on any atom is -0.444 e. The van der Waals surface area contributed by atoms with E-state index >= 15 is 0 Å². The molecule has 1 heterocycles. The number of hydrogen-bond donors (Lipinski definition) is 2. The number of nitrogens with zero attached hydrogens (tertiary/aromatic N) is 2. The number of hydrogen-bond acceptors (Lipinski definition) is 4. The molecule has 2 saturated carbocycles. The van der Waals surface area contributed by atoms with E-state index in [2.05, 4.69) is 15.6 Å². The van der Waals surface area contributed by atoms with Crippen molar-refractivity contribution in [1.29, 1.82) is 0 Å². The number of ether oxygens (including phenoxy) is 1. The molecule has 2 aliphatic carbocycles. The summed E-state index contributed by atoms with van der Waals surface area (Å²) < 4.78 is 7.45. The molecule has 2 fully saturated rings. The van der Waals surface area contributed by atoms with Crippen molar-refractivity contribution >= 4 is 17.7 Å². The lowest BCUT2D eigenvalue weighted by Gasteiger charge is -2.29. The van der Waals surface area contributed by atoms with Gasteiger partial charge in [0.1, 0.15) is 11.6 Å². The van der Waals surface area contributed by atoms with Gasteiger partial charge >= 0.3 is 6.09 Å². The fraction of sp³-hybridized carbons (Fsp3) is 0.560. The molecule has 1 aromatic carbocycles. The van der Waals surface area contributed by atoms with Crippen LogP contribution in [0, 0.1) is 24.7 Å². The first-order valence-electron chi connectivity index (χ1n) is 11.5. The van der Waals surface area contributed by atoms with Crippen molar-refractivity contribution in [3.05, 3.63) is 36.3 Å². The molecule has 2 N–H and O–H groups in total. The van der Waals surface area contributed by atoms with Crippen molar-refractivity contribution in [3.8, 4) is 11.3 Å². The van der Waals surface area contributed by atoms with E-state index in [-0.39, 0.29) is 11.8 Å². The predicted molar refractivity (Wildman–Crippen MR) is 124 cm³/mol. The maximum Gasteiger partial charge on any atom is 0.408 e. The lowest BCUT2D eigenvalue weighted by Crippen LogP contribution is -2.51. The fourth-order valence-electron chi connectivity index (χ4n) is 4.55. The van der Waals surface area contributed by atoms with E-state index in [9.17, 15) is 9.59 Å². The van der Waals surface area contributed by atoms with Crippen molar-refractivity contribution in [3.63, 3.8) is 0 Å². The molecule has 0 radical (unpaired) electrons. The second-order valence-electron chi connectivity index (χ2n) is 10.2. The molecule has 1 aromatic heterocycles. The van der Waals surface area contributed by atoms with Crippen LogP contribution in [0.2, 0.25) is 0 Å². The van der Waals surface area contributed by atoms with Crippen LogP contribution in [0.4, 0.5) is 10.5 Å². The lowest BCUT2D eigenvalue weighted by atomic mass is 9.88. The summed E-state index contributed by atoms with van der Waals surface area (Å²) in [5, 5.41) is 5.93. The van der Waals surface area contributed by atoms with Crippen LogP contribution in [-0.2, 0) is 16.6 Å². The van der Waals surface area contributed by atoms with Crippen LogP contribution in [0.15, 0.2) is 30.6 Å². The number of aromatic nitrogens is 2. The number of benzene rings is 1.